The Morgan fingerprint density at radius 2 is 2.18 bits per heavy atom. The molecule has 1 heterocycles. The van der Waals surface area contributed by atoms with E-state index in [0.29, 0.717) is 0 Å². The summed E-state index contributed by atoms with van der Waals surface area (Å²) < 4.78 is 1.91. The highest BCUT2D eigenvalue weighted by atomic mass is 15.2. The first kappa shape index (κ1) is 10.3. The third-order valence-corrected chi connectivity index (χ3v) is 3.38. The van der Waals surface area contributed by atoms with E-state index >= 15 is 0 Å². The van der Waals surface area contributed by atoms with Gasteiger partial charge in [0.1, 0.15) is 0 Å². The van der Waals surface area contributed by atoms with Gasteiger partial charge in [0.25, 0.3) is 0 Å². The normalized spacial score (nSPS) is 15.9. The van der Waals surface area contributed by atoms with Crippen molar-refractivity contribution in [3.8, 4) is 0 Å². The highest BCUT2D eigenvalue weighted by Crippen LogP contribution is 2.27. The molecular weight excluding hydrogens is 208 g/mol. The van der Waals surface area contributed by atoms with Gasteiger partial charge in [-0.05, 0) is 43.0 Å². The quantitative estimate of drug-likeness (QED) is 0.722. The lowest BCUT2D eigenvalue weighted by atomic mass is 9.95. The van der Waals surface area contributed by atoms with Gasteiger partial charge in [-0.15, -0.1) is 0 Å². The SMILES string of the molecule is CC1=CC(c2ccc3c(cnn3C)c2)=CCC1. The highest BCUT2D eigenvalue weighted by Gasteiger charge is 2.06. The lowest BCUT2D eigenvalue weighted by Crippen LogP contribution is -1.91. The first-order valence-corrected chi connectivity index (χ1v) is 6.03. The van der Waals surface area contributed by atoms with Gasteiger partial charge in [0.05, 0.1) is 11.7 Å². The van der Waals surface area contributed by atoms with Crippen LogP contribution in [0, 0.1) is 0 Å². The Morgan fingerprint density at radius 1 is 1.29 bits per heavy atom. The van der Waals surface area contributed by atoms with E-state index in [9.17, 15) is 0 Å². The Labute approximate surface area is 101 Å². The van der Waals surface area contributed by atoms with Crippen molar-refractivity contribution < 1.29 is 0 Å². The Morgan fingerprint density at radius 3 is 3.00 bits per heavy atom. The van der Waals surface area contributed by atoms with Crippen LogP contribution in [-0.2, 0) is 7.05 Å². The van der Waals surface area contributed by atoms with Crippen molar-refractivity contribution in [2.24, 2.45) is 7.05 Å². The van der Waals surface area contributed by atoms with Gasteiger partial charge in [0.15, 0.2) is 0 Å². The fourth-order valence-electron chi connectivity index (χ4n) is 2.40. The highest BCUT2D eigenvalue weighted by molar-refractivity contribution is 5.86. The van der Waals surface area contributed by atoms with Crippen LogP contribution in [0.4, 0.5) is 0 Å². The van der Waals surface area contributed by atoms with Crippen LogP contribution in [0.3, 0.4) is 0 Å². The maximum absolute atomic E-state index is 4.28. The van der Waals surface area contributed by atoms with Crippen molar-refractivity contribution in [1.29, 1.82) is 0 Å². The fraction of sp³-hybridized carbons (Fsp3) is 0.267. The summed E-state index contributed by atoms with van der Waals surface area (Å²) >= 11 is 0. The molecule has 0 saturated carbocycles. The summed E-state index contributed by atoms with van der Waals surface area (Å²) in [4.78, 5) is 0. The van der Waals surface area contributed by atoms with Crippen LogP contribution in [0.5, 0.6) is 0 Å². The molecule has 0 amide bonds. The van der Waals surface area contributed by atoms with Gasteiger partial charge in [-0.1, -0.05) is 23.8 Å². The maximum Gasteiger partial charge on any atom is 0.0679 e. The molecule has 0 saturated heterocycles. The van der Waals surface area contributed by atoms with Crippen LogP contribution in [0.1, 0.15) is 25.3 Å². The van der Waals surface area contributed by atoms with Crippen molar-refractivity contribution in [2.75, 3.05) is 0 Å². The summed E-state index contributed by atoms with van der Waals surface area (Å²) in [7, 11) is 1.98. The zero-order valence-corrected chi connectivity index (χ0v) is 10.3. The number of hydrogen-bond donors (Lipinski definition) is 0. The number of fused-ring (bicyclic) bond motifs is 1. The van der Waals surface area contributed by atoms with Crippen molar-refractivity contribution in [2.45, 2.75) is 19.8 Å². The number of allylic oxidation sites excluding steroid dienone is 4. The third kappa shape index (κ3) is 1.80. The Balaban J connectivity index is 2.09. The molecule has 0 atom stereocenters. The summed E-state index contributed by atoms with van der Waals surface area (Å²) in [6.07, 6.45) is 8.89. The molecule has 1 aliphatic carbocycles. The van der Waals surface area contributed by atoms with E-state index in [1.165, 1.54) is 34.0 Å². The van der Waals surface area contributed by atoms with E-state index in [4.69, 9.17) is 0 Å². The second-order valence-electron chi connectivity index (χ2n) is 4.73. The van der Waals surface area contributed by atoms with E-state index in [2.05, 4.69) is 42.4 Å². The van der Waals surface area contributed by atoms with Crippen molar-refractivity contribution in [3.63, 3.8) is 0 Å². The maximum atomic E-state index is 4.28. The van der Waals surface area contributed by atoms with Crippen molar-refractivity contribution >= 4 is 16.5 Å². The molecular formula is C15H16N2. The molecule has 86 valence electrons. The monoisotopic (exact) mass is 224 g/mol. The zero-order valence-electron chi connectivity index (χ0n) is 10.3. The molecule has 2 nitrogen and oxygen atoms in total. The number of nitrogens with zero attached hydrogens (tertiary/aromatic N) is 2. The topological polar surface area (TPSA) is 17.8 Å². The predicted molar refractivity (Wildman–Crippen MR) is 71.7 cm³/mol. The molecule has 3 rings (SSSR count). The zero-order chi connectivity index (χ0) is 11.8. The van der Waals surface area contributed by atoms with Crippen LogP contribution in [0.15, 0.2) is 42.1 Å². The van der Waals surface area contributed by atoms with Gasteiger partial charge in [0.2, 0.25) is 0 Å². The standard InChI is InChI=1S/C15H16N2/c1-11-4-3-5-12(8-11)13-6-7-15-14(9-13)10-16-17(15)2/h5-10H,3-4H2,1-2H3. The average molecular weight is 224 g/mol. The van der Waals surface area contributed by atoms with E-state index in [-0.39, 0.29) is 0 Å². The van der Waals surface area contributed by atoms with Crippen LogP contribution >= 0.6 is 0 Å². The van der Waals surface area contributed by atoms with Crippen molar-refractivity contribution in [3.05, 3.63) is 47.7 Å². The molecule has 0 aliphatic heterocycles. The predicted octanol–water partition coefficient (Wildman–Crippen LogP) is 3.70. The fourth-order valence-corrected chi connectivity index (χ4v) is 2.40. The number of benzene rings is 1. The molecule has 0 bridgehead atoms. The summed E-state index contributed by atoms with van der Waals surface area (Å²) in [5.74, 6) is 0. The summed E-state index contributed by atoms with van der Waals surface area (Å²) in [6.45, 7) is 2.20. The van der Waals surface area contributed by atoms with E-state index in [1.807, 2.05) is 17.9 Å². The van der Waals surface area contributed by atoms with E-state index < -0.39 is 0 Å². The second kappa shape index (κ2) is 3.88. The molecule has 1 aromatic heterocycles. The van der Waals surface area contributed by atoms with Crippen LogP contribution in [-0.4, -0.2) is 9.78 Å². The first-order chi connectivity index (χ1) is 8.24. The van der Waals surface area contributed by atoms with Gasteiger partial charge in [-0.2, -0.15) is 5.10 Å². The van der Waals surface area contributed by atoms with Crippen molar-refractivity contribution in [1.82, 2.24) is 9.78 Å². The minimum Gasteiger partial charge on any atom is -0.268 e. The Kier molecular flexibility index (Phi) is 2.36. The van der Waals surface area contributed by atoms with Gasteiger partial charge in [-0.25, -0.2) is 0 Å². The third-order valence-electron chi connectivity index (χ3n) is 3.38. The Hall–Kier alpha value is -1.83. The van der Waals surface area contributed by atoms with E-state index in [0.717, 1.165) is 6.42 Å². The number of aromatic nitrogens is 2. The largest absolute Gasteiger partial charge is 0.268 e. The minimum absolute atomic E-state index is 1.16. The van der Waals surface area contributed by atoms with Gasteiger partial charge in [-0.3, -0.25) is 4.68 Å². The average Bonchev–Trinajstić information content (AvgIpc) is 2.71. The summed E-state index contributed by atoms with van der Waals surface area (Å²) in [5.41, 5.74) is 5.30. The summed E-state index contributed by atoms with van der Waals surface area (Å²) in [6, 6.07) is 6.56. The first-order valence-electron chi connectivity index (χ1n) is 6.03. The van der Waals surface area contributed by atoms with Crippen LogP contribution in [0.2, 0.25) is 0 Å². The minimum atomic E-state index is 1.16. The molecule has 0 N–H and O–H groups in total. The molecule has 1 aromatic carbocycles. The number of hydrogen-bond acceptors (Lipinski definition) is 1. The molecule has 2 aromatic rings. The molecule has 17 heavy (non-hydrogen) atoms. The lowest BCUT2D eigenvalue weighted by Gasteiger charge is -2.11. The molecule has 1 aliphatic rings. The smallest absolute Gasteiger partial charge is 0.0679 e. The lowest BCUT2D eigenvalue weighted by molar-refractivity contribution is 0.797. The molecule has 0 radical (unpaired) electrons. The second-order valence-corrected chi connectivity index (χ2v) is 4.73. The van der Waals surface area contributed by atoms with Gasteiger partial charge >= 0.3 is 0 Å². The van der Waals surface area contributed by atoms with Crippen LogP contribution < -0.4 is 0 Å². The Bertz CT molecular complexity index is 629. The van der Waals surface area contributed by atoms with E-state index in [1.54, 1.807) is 0 Å². The number of rotatable bonds is 1. The number of aryl methyl sites for hydroxylation is 1. The molecule has 0 spiro atoms. The summed E-state index contributed by atoms with van der Waals surface area (Å²) in [5, 5.41) is 5.49. The molecule has 2 heteroatoms. The van der Waals surface area contributed by atoms with Gasteiger partial charge in [0, 0.05) is 12.4 Å². The van der Waals surface area contributed by atoms with Gasteiger partial charge < -0.3 is 0 Å². The molecule has 0 unspecified atom stereocenters. The van der Waals surface area contributed by atoms with Crippen LogP contribution in [0.25, 0.3) is 16.5 Å². The molecule has 0 fully saturated rings.